The van der Waals surface area contributed by atoms with Crippen molar-refractivity contribution in [2.75, 3.05) is 20.3 Å². The highest BCUT2D eigenvalue weighted by molar-refractivity contribution is 5.96. The van der Waals surface area contributed by atoms with Crippen LogP contribution >= 0.6 is 0 Å². The van der Waals surface area contributed by atoms with Gasteiger partial charge in [0.1, 0.15) is 6.20 Å². The van der Waals surface area contributed by atoms with E-state index < -0.39 is 10.8 Å². The lowest BCUT2D eigenvalue weighted by atomic mass is 9.53. The van der Waals surface area contributed by atoms with E-state index in [9.17, 15) is 14.9 Å². The fourth-order valence-electron chi connectivity index (χ4n) is 5.75. The van der Waals surface area contributed by atoms with Crippen molar-refractivity contribution in [1.29, 1.82) is 0 Å². The molecule has 4 saturated carbocycles. The summed E-state index contributed by atoms with van der Waals surface area (Å²) in [7, 11) is 1.60. The van der Waals surface area contributed by atoms with Gasteiger partial charge in [0.15, 0.2) is 0 Å². The average molecular weight is 362 g/mol. The van der Waals surface area contributed by atoms with Crippen LogP contribution < -0.4 is 5.32 Å². The van der Waals surface area contributed by atoms with Crippen LogP contribution in [0.4, 0.5) is 5.69 Å². The van der Waals surface area contributed by atoms with Crippen molar-refractivity contribution < 1.29 is 14.5 Å². The van der Waals surface area contributed by atoms with Crippen LogP contribution in [0.3, 0.4) is 0 Å². The van der Waals surface area contributed by atoms with Crippen LogP contribution in [0.1, 0.15) is 55.4 Å². The smallest absolute Gasteiger partial charge is 0.320 e. The second-order valence-corrected chi connectivity index (χ2v) is 8.31. The zero-order valence-corrected chi connectivity index (χ0v) is 15.1. The largest absolute Gasteiger partial charge is 0.385 e. The first-order valence-corrected chi connectivity index (χ1v) is 9.52. The highest BCUT2D eigenvalue weighted by Crippen LogP contribution is 2.58. The molecule has 4 fully saturated rings. The number of hydrogen-bond donors (Lipinski definition) is 1. The maximum atomic E-state index is 12.4. The third-order valence-corrected chi connectivity index (χ3v) is 6.41. The number of methoxy groups -OCH3 is 1. The van der Waals surface area contributed by atoms with Gasteiger partial charge in [0.25, 0.3) is 5.91 Å². The molecule has 1 amide bonds. The van der Waals surface area contributed by atoms with E-state index in [4.69, 9.17) is 4.74 Å². The van der Waals surface area contributed by atoms with E-state index >= 15 is 0 Å². The molecule has 1 heterocycles. The lowest BCUT2D eigenvalue weighted by Gasteiger charge is -2.56. The first-order chi connectivity index (χ1) is 12.5. The van der Waals surface area contributed by atoms with Crippen LogP contribution in [0.15, 0.2) is 6.20 Å². The summed E-state index contributed by atoms with van der Waals surface area (Å²) in [5.41, 5.74) is -0.387. The molecule has 0 atom stereocenters. The Morgan fingerprint density at radius 2 is 1.96 bits per heavy atom. The minimum atomic E-state index is -0.492. The van der Waals surface area contributed by atoms with Gasteiger partial charge in [-0.1, -0.05) is 0 Å². The molecular formula is C18H26N4O4. The van der Waals surface area contributed by atoms with Crippen LogP contribution in [0.5, 0.6) is 0 Å². The molecule has 0 aliphatic heterocycles. The molecule has 1 aromatic rings. The van der Waals surface area contributed by atoms with E-state index in [0.717, 1.165) is 19.3 Å². The summed E-state index contributed by atoms with van der Waals surface area (Å²) in [6.07, 6.45) is 9.12. The van der Waals surface area contributed by atoms with E-state index in [0.29, 0.717) is 37.3 Å². The fourth-order valence-corrected chi connectivity index (χ4v) is 5.75. The molecule has 4 aliphatic rings. The van der Waals surface area contributed by atoms with Crippen molar-refractivity contribution in [2.24, 2.45) is 17.8 Å². The highest BCUT2D eigenvalue weighted by Gasteiger charge is 2.53. The Morgan fingerprint density at radius 1 is 1.35 bits per heavy atom. The topological polar surface area (TPSA) is 99.3 Å². The monoisotopic (exact) mass is 362 g/mol. The molecule has 0 spiro atoms. The van der Waals surface area contributed by atoms with Gasteiger partial charge < -0.3 is 10.1 Å². The lowest BCUT2D eigenvalue weighted by Crippen LogP contribution is -2.52. The zero-order chi connectivity index (χ0) is 18.3. The molecule has 1 N–H and O–H groups in total. The van der Waals surface area contributed by atoms with E-state index in [1.54, 1.807) is 11.8 Å². The summed E-state index contributed by atoms with van der Waals surface area (Å²) in [6, 6.07) is 0. The first-order valence-electron chi connectivity index (χ1n) is 9.52. The second kappa shape index (κ2) is 6.64. The molecule has 0 radical (unpaired) electrons. The Labute approximate surface area is 152 Å². The highest BCUT2D eigenvalue weighted by atomic mass is 16.6. The average Bonchev–Trinajstić information content (AvgIpc) is 3.04. The molecule has 4 aliphatic carbocycles. The minimum Gasteiger partial charge on any atom is -0.385 e. The van der Waals surface area contributed by atoms with Gasteiger partial charge in [-0.15, -0.1) is 0 Å². The van der Waals surface area contributed by atoms with E-state index in [2.05, 4.69) is 10.4 Å². The predicted molar refractivity (Wildman–Crippen MR) is 93.9 cm³/mol. The van der Waals surface area contributed by atoms with Crippen LogP contribution in [0.2, 0.25) is 0 Å². The van der Waals surface area contributed by atoms with Gasteiger partial charge in [-0.05, 0) is 62.7 Å². The van der Waals surface area contributed by atoms with Crippen molar-refractivity contribution in [3.05, 3.63) is 22.0 Å². The van der Waals surface area contributed by atoms with E-state index in [1.807, 2.05) is 0 Å². The maximum Gasteiger partial charge on any atom is 0.320 e. The molecule has 4 bridgehead atoms. The summed E-state index contributed by atoms with van der Waals surface area (Å²) >= 11 is 0. The van der Waals surface area contributed by atoms with Gasteiger partial charge in [0.2, 0.25) is 5.69 Å². The SMILES string of the molecule is COCCCNC(=O)c1nn(C23CC4CC(CC(C4)C2)C3)cc1[N+](=O)[O-]. The molecule has 0 aromatic carbocycles. The molecule has 5 rings (SSSR count). The number of nitro groups is 1. The van der Waals surface area contributed by atoms with Crippen LogP contribution in [0, 0.1) is 27.9 Å². The van der Waals surface area contributed by atoms with Crippen molar-refractivity contribution in [3.63, 3.8) is 0 Å². The third kappa shape index (κ3) is 3.00. The molecule has 1 aromatic heterocycles. The standard InChI is InChI=1S/C18H26N4O4/c1-26-4-2-3-19-17(23)16-15(22(24)25)11-21(20-16)18-8-12-5-13(9-18)7-14(6-12)10-18/h11-14H,2-10H2,1H3,(H,19,23). The van der Waals surface area contributed by atoms with Gasteiger partial charge in [-0.25, -0.2) is 0 Å². The Kier molecular flexibility index (Phi) is 4.46. The number of nitrogens with one attached hydrogen (secondary N) is 1. The molecule has 8 nitrogen and oxygen atoms in total. The van der Waals surface area contributed by atoms with Crippen molar-refractivity contribution in [1.82, 2.24) is 15.1 Å². The van der Waals surface area contributed by atoms with Crippen molar-refractivity contribution in [2.45, 2.75) is 50.5 Å². The third-order valence-electron chi connectivity index (χ3n) is 6.41. The van der Waals surface area contributed by atoms with Crippen LogP contribution in [-0.4, -0.2) is 40.9 Å². The molecule has 0 saturated heterocycles. The number of carbonyl (C=O) groups excluding carboxylic acids is 1. The summed E-state index contributed by atoms with van der Waals surface area (Å²) in [6.45, 7) is 0.943. The van der Waals surface area contributed by atoms with E-state index in [-0.39, 0.29) is 16.9 Å². The number of carbonyl (C=O) groups is 1. The number of amides is 1. The second-order valence-electron chi connectivity index (χ2n) is 8.31. The predicted octanol–water partition coefficient (Wildman–Crippen LogP) is 2.48. The van der Waals surface area contributed by atoms with Gasteiger partial charge in [0, 0.05) is 20.3 Å². The zero-order valence-electron chi connectivity index (χ0n) is 15.1. The Morgan fingerprint density at radius 3 is 2.50 bits per heavy atom. The maximum absolute atomic E-state index is 12.4. The number of ether oxygens (including phenoxy) is 1. The summed E-state index contributed by atoms with van der Waals surface area (Å²) in [4.78, 5) is 23.4. The lowest BCUT2D eigenvalue weighted by molar-refractivity contribution is -0.385. The molecule has 8 heteroatoms. The van der Waals surface area contributed by atoms with Crippen molar-refractivity contribution >= 4 is 11.6 Å². The summed E-state index contributed by atoms with van der Waals surface area (Å²) in [5, 5.41) is 18.7. The Bertz CT molecular complexity index is 679. The van der Waals surface area contributed by atoms with Gasteiger partial charge >= 0.3 is 5.69 Å². The number of nitrogens with zero attached hydrogens (tertiary/aromatic N) is 3. The fraction of sp³-hybridized carbons (Fsp3) is 0.778. The number of rotatable bonds is 7. The molecular weight excluding hydrogens is 336 g/mol. The van der Waals surface area contributed by atoms with Gasteiger partial charge in [0.05, 0.1) is 10.5 Å². The van der Waals surface area contributed by atoms with E-state index in [1.165, 1.54) is 25.5 Å². The minimum absolute atomic E-state index is 0.0665. The number of aromatic nitrogens is 2. The van der Waals surface area contributed by atoms with Gasteiger partial charge in [-0.2, -0.15) is 5.10 Å². The summed E-state index contributed by atoms with van der Waals surface area (Å²) in [5.74, 6) is 1.64. The summed E-state index contributed by atoms with van der Waals surface area (Å²) < 4.78 is 6.73. The Balaban J connectivity index is 1.58. The molecule has 0 unspecified atom stereocenters. The first kappa shape index (κ1) is 17.5. The number of hydrogen-bond acceptors (Lipinski definition) is 5. The molecule has 142 valence electrons. The Hall–Kier alpha value is -1.96. The quantitative estimate of drug-likeness (QED) is 0.456. The van der Waals surface area contributed by atoms with Gasteiger partial charge in [-0.3, -0.25) is 19.6 Å². The van der Waals surface area contributed by atoms with Crippen LogP contribution in [-0.2, 0) is 10.3 Å². The van der Waals surface area contributed by atoms with Crippen LogP contribution in [0.25, 0.3) is 0 Å². The normalized spacial score (nSPS) is 32.0. The molecule has 26 heavy (non-hydrogen) atoms. The van der Waals surface area contributed by atoms with Crippen molar-refractivity contribution in [3.8, 4) is 0 Å².